The Morgan fingerprint density at radius 3 is 3.12 bits per heavy atom. The van der Waals surface area contributed by atoms with Crippen molar-refractivity contribution in [1.82, 2.24) is 9.88 Å². The fraction of sp³-hybridized carbons (Fsp3) is 0.235. The average molecular weight is 324 g/mol. The molecule has 2 aromatic heterocycles. The van der Waals surface area contributed by atoms with Crippen LogP contribution in [0.4, 0.5) is 11.5 Å². The van der Waals surface area contributed by atoms with Gasteiger partial charge in [-0.05, 0) is 25.1 Å². The number of carbonyl (C=O) groups is 2. The van der Waals surface area contributed by atoms with Crippen molar-refractivity contribution in [3.05, 3.63) is 42.0 Å². The third-order valence-corrected chi connectivity index (χ3v) is 3.49. The molecule has 1 aliphatic heterocycles. The van der Waals surface area contributed by atoms with Gasteiger partial charge in [0.05, 0.1) is 37.1 Å². The van der Waals surface area contributed by atoms with Gasteiger partial charge < -0.3 is 20.0 Å². The van der Waals surface area contributed by atoms with E-state index >= 15 is 0 Å². The maximum absolute atomic E-state index is 12.8. The minimum Gasteiger partial charge on any atom is -0.467 e. The Labute approximate surface area is 139 Å². The molecule has 7 nitrogen and oxygen atoms in total. The lowest BCUT2D eigenvalue weighted by molar-refractivity contribution is -0.114. The molecule has 3 rings (SSSR count). The van der Waals surface area contributed by atoms with E-state index in [-0.39, 0.29) is 24.9 Å². The lowest BCUT2D eigenvalue weighted by Gasteiger charge is -2.21. The van der Waals surface area contributed by atoms with Crippen molar-refractivity contribution < 1.29 is 14.0 Å². The van der Waals surface area contributed by atoms with Crippen molar-refractivity contribution in [1.29, 1.82) is 0 Å². The zero-order valence-electron chi connectivity index (χ0n) is 13.1. The van der Waals surface area contributed by atoms with Crippen molar-refractivity contribution in [3.63, 3.8) is 0 Å². The average Bonchev–Trinajstić information content (AvgIpc) is 3.10. The Kier molecular flexibility index (Phi) is 4.47. The van der Waals surface area contributed by atoms with Gasteiger partial charge in [-0.3, -0.25) is 9.59 Å². The summed E-state index contributed by atoms with van der Waals surface area (Å²) in [5, 5.41) is 5.59. The number of aromatic nitrogens is 1. The minimum absolute atomic E-state index is 0.168. The van der Waals surface area contributed by atoms with Gasteiger partial charge in [-0.2, -0.15) is 0 Å². The molecule has 0 atom stereocenters. The predicted molar refractivity (Wildman–Crippen MR) is 88.3 cm³/mol. The smallest absolute Gasteiger partial charge is 0.256 e. The first-order valence-corrected chi connectivity index (χ1v) is 7.42. The standard InChI is InChI=1S/C17H16N4O3/c1-2-3-6-21(11-13-5-4-7-24-13)17(23)12-8-14-16(18-9-12)19-10-15(22)20-14/h4-5,7-9H,6,10-11H2,1H3,(H,18,19)(H,20,22). The first-order valence-electron chi connectivity index (χ1n) is 7.42. The molecule has 1 aliphatic rings. The van der Waals surface area contributed by atoms with Crippen LogP contribution in [0, 0.1) is 11.8 Å². The largest absolute Gasteiger partial charge is 0.467 e. The van der Waals surface area contributed by atoms with Crippen LogP contribution < -0.4 is 10.6 Å². The Bertz CT molecular complexity index is 818. The van der Waals surface area contributed by atoms with Gasteiger partial charge >= 0.3 is 0 Å². The molecule has 2 N–H and O–H groups in total. The van der Waals surface area contributed by atoms with Gasteiger partial charge in [0, 0.05) is 6.20 Å². The molecule has 0 aliphatic carbocycles. The monoisotopic (exact) mass is 324 g/mol. The number of fused-ring (bicyclic) bond motifs is 1. The number of nitrogens with one attached hydrogen (secondary N) is 2. The van der Waals surface area contributed by atoms with Crippen LogP contribution in [0.1, 0.15) is 23.0 Å². The van der Waals surface area contributed by atoms with Crippen molar-refractivity contribution in [2.24, 2.45) is 0 Å². The van der Waals surface area contributed by atoms with Gasteiger partial charge in [0.2, 0.25) is 5.91 Å². The number of carbonyl (C=O) groups excluding carboxylic acids is 2. The Balaban J connectivity index is 1.84. The molecule has 0 aromatic carbocycles. The Morgan fingerprint density at radius 2 is 2.38 bits per heavy atom. The molecule has 24 heavy (non-hydrogen) atoms. The summed E-state index contributed by atoms with van der Waals surface area (Å²) in [6.07, 6.45) is 3.05. The first-order chi connectivity index (χ1) is 11.7. The van der Waals surface area contributed by atoms with Gasteiger partial charge in [-0.1, -0.05) is 5.92 Å². The van der Waals surface area contributed by atoms with Crippen molar-refractivity contribution in [2.75, 3.05) is 23.7 Å². The number of furan rings is 1. The normalized spacial score (nSPS) is 12.3. The molecular formula is C17H16N4O3. The number of nitrogens with zero attached hydrogens (tertiary/aromatic N) is 2. The minimum atomic E-state index is -0.232. The fourth-order valence-electron chi connectivity index (χ4n) is 2.32. The molecule has 3 heterocycles. The van der Waals surface area contributed by atoms with E-state index in [1.54, 1.807) is 36.3 Å². The zero-order valence-corrected chi connectivity index (χ0v) is 13.1. The summed E-state index contributed by atoms with van der Waals surface area (Å²) in [5.74, 6) is 6.50. The van der Waals surface area contributed by atoms with E-state index in [0.29, 0.717) is 29.4 Å². The summed E-state index contributed by atoms with van der Waals surface area (Å²) in [5.41, 5.74) is 0.874. The van der Waals surface area contributed by atoms with Crippen LogP contribution in [0.25, 0.3) is 0 Å². The van der Waals surface area contributed by atoms with Gasteiger partial charge in [-0.15, -0.1) is 5.92 Å². The van der Waals surface area contributed by atoms with Crippen LogP contribution in [0.5, 0.6) is 0 Å². The number of hydrogen-bond donors (Lipinski definition) is 2. The van der Waals surface area contributed by atoms with E-state index in [1.807, 2.05) is 0 Å². The van der Waals surface area contributed by atoms with E-state index in [4.69, 9.17) is 4.42 Å². The summed E-state index contributed by atoms with van der Waals surface area (Å²) in [6.45, 7) is 2.47. The topological polar surface area (TPSA) is 87.5 Å². The molecule has 0 saturated carbocycles. The Morgan fingerprint density at radius 1 is 1.50 bits per heavy atom. The highest BCUT2D eigenvalue weighted by Gasteiger charge is 2.21. The summed E-state index contributed by atoms with van der Waals surface area (Å²) in [7, 11) is 0. The molecule has 0 fully saturated rings. The van der Waals surface area contributed by atoms with E-state index in [0.717, 1.165) is 0 Å². The predicted octanol–water partition coefficient (Wildman–Crippen LogP) is 1.70. The number of rotatable bonds is 4. The maximum atomic E-state index is 12.8. The Hall–Kier alpha value is -3.27. The summed E-state index contributed by atoms with van der Waals surface area (Å²) < 4.78 is 5.31. The lowest BCUT2D eigenvalue weighted by Crippen LogP contribution is -2.32. The molecule has 7 heteroatoms. The third kappa shape index (κ3) is 3.38. The number of anilines is 2. The lowest BCUT2D eigenvalue weighted by atomic mass is 10.2. The highest BCUT2D eigenvalue weighted by atomic mass is 16.3. The fourth-order valence-corrected chi connectivity index (χ4v) is 2.32. The van der Waals surface area contributed by atoms with E-state index in [2.05, 4.69) is 27.5 Å². The molecule has 0 saturated heterocycles. The number of amides is 2. The van der Waals surface area contributed by atoms with Crippen LogP contribution in [-0.2, 0) is 11.3 Å². The number of pyridine rings is 1. The maximum Gasteiger partial charge on any atom is 0.256 e. The van der Waals surface area contributed by atoms with Crippen LogP contribution in [-0.4, -0.2) is 34.8 Å². The molecule has 0 unspecified atom stereocenters. The van der Waals surface area contributed by atoms with Crippen molar-refractivity contribution in [3.8, 4) is 11.8 Å². The van der Waals surface area contributed by atoms with Gasteiger partial charge in [-0.25, -0.2) is 4.98 Å². The second-order valence-electron chi connectivity index (χ2n) is 5.19. The zero-order chi connectivity index (χ0) is 16.9. The molecule has 2 aromatic rings. The van der Waals surface area contributed by atoms with Gasteiger partial charge in [0.15, 0.2) is 0 Å². The molecular weight excluding hydrogens is 308 g/mol. The summed E-state index contributed by atoms with van der Waals surface area (Å²) >= 11 is 0. The SMILES string of the molecule is CC#CCN(Cc1ccco1)C(=O)c1cnc2c(c1)NC(=O)CN2. The second-order valence-corrected chi connectivity index (χ2v) is 5.19. The van der Waals surface area contributed by atoms with Gasteiger partial charge in [0.1, 0.15) is 11.6 Å². The summed E-state index contributed by atoms with van der Waals surface area (Å²) in [4.78, 5) is 30.0. The number of hydrogen-bond acceptors (Lipinski definition) is 5. The first kappa shape index (κ1) is 15.6. The van der Waals surface area contributed by atoms with Crippen LogP contribution >= 0.6 is 0 Å². The van der Waals surface area contributed by atoms with Crippen molar-refractivity contribution in [2.45, 2.75) is 13.5 Å². The van der Waals surface area contributed by atoms with Crippen LogP contribution in [0.3, 0.4) is 0 Å². The van der Waals surface area contributed by atoms with Gasteiger partial charge in [0.25, 0.3) is 5.91 Å². The molecule has 2 amide bonds. The van der Waals surface area contributed by atoms with E-state index < -0.39 is 0 Å². The van der Waals surface area contributed by atoms with E-state index in [1.165, 1.54) is 6.20 Å². The third-order valence-electron chi connectivity index (χ3n) is 3.49. The van der Waals surface area contributed by atoms with Crippen molar-refractivity contribution >= 4 is 23.3 Å². The van der Waals surface area contributed by atoms with Crippen LogP contribution in [0.15, 0.2) is 35.1 Å². The highest BCUT2D eigenvalue weighted by Crippen LogP contribution is 2.23. The second kappa shape index (κ2) is 6.87. The highest BCUT2D eigenvalue weighted by molar-refractivity contribution is 6.02. The van der Waals surface area contributed by atoms with Crippen LogP contribution in [0.2, 0.25) is 0 Å². The molecule has 122 valence electrons. The molecule has 0 spiro atoms. The van der Waals surface area contributed by atoms with E-state index in [9.17, 15) is 9.59 Å². The molecule has 0 bridgehead atoms. The molecule has 0 radical (unpaired) electrons. The summed E-state index contributed by atoms with van der Waals surface area (Å²) in [6, 6.07) is 5.18. The quantitative estimate of drug-likeness (QED) is 0.836.